The molecule has 3 N–H and O–H groups in total. The van der Waals surface area contributed by atoms with Gasteiger partial charge in [0.05, 0.1) is 18.1 Å². The predicted molar refractivity (Wildman–Crippen MR) is 67.5 cm³/mol. The number of carbonyl (C=O) groups is 1. The number of nitrogens with one attached hydrogen (secondary N) is 2. The van der Waals surface area contributed by atoms with Gasteiger partial charge in [0.1, 0.15) is 0 Å². The number of carboxylic acids is 1. The third-order valence-electron chi connectivity index (χ3n) is 2.48. The Labute approximate surface area is 109 Å². The third kappa shape index (κ3) is 2.74. The Balaban J connectivity index is 2.35. The summed E-state index contributed by atoms with van der Waals surface area (Å²) >= 11 is 0. The van der Waals surface area contributed by atoms with Gasteiger partial charge in [-0.25, -0.2) is 9.78 Å². The molecule has 0 spiro atoms. The molecule has 0 amide bonds. The molecule has 2 aromatic rings. The number of hydrogen-bond donors (Lipinski definition) is 3. The molecule has 1 aromatic heterocycles. The van der Waals surface area contributed by atoms with Gasteiger partial charge in [0, 0.05) is 5.69 Å². The van der Waals surface area contributed by atoms with Gasteiger partial charge in [-0.15, -0.1) is 0 Å². The van der Waals surface area contributed by atoms with Crippen LogP contribution in [-0.4, -0.2) is 29.5 Å². The number of aromatic nitrogens is 2. The molecule has 19 heavy (non-hydrogen) atoms. The smallest absolute Gasteiger partial charge is 0.336 e. The fraction of sp³-hybridized carbons (Fsp3) is 0.0909. The van der Waals surface area contributed by atoms with Crippen molar-refractivity contribution in [3.8, 4) is 0 Å². The molecular weight excluding hydrogens is 270 g/mol. The second-order valence-corrected chi connectivity index (χ2v) is 5.51. The zero-order valence-corrected chi connectivity index (χ0v) is 10.7. The molecule has 7 nitrogen and oxygen atoms in total. The Bertz CT molecular complexity index is 708. The highest BCUT2D eigenvalue weighted by Crippen LogP contribution is 2.18. The van der Waals surface area contributed by atoms with E-state index in [0.717, 1.165) is 6.20 Å². The normalized spacial score (nSPS) is 11.2. The number of benzene rings is 1. The van der Waals surface area contributed by atoms with E-state index < -0.39 is 16.0 Å². The quantitative estimate of drug-likeness (QED) is 0.780. The number of sulfonamides is 1. The van der Waals surface area contributed by atoms with Crippen molar-refractivity contribution in [1.29, 1.82) is 0 Å². The van der Waals surface area contributed by atoms with E-state index in [2.05, 4.69) is 14.7 Å². The summed E-state index contributed by atoms with van der Waals surface area (Å²) in [5.74, 6) is -1.11. The Hall–Kier alpha value is -2.35. The number of nitrogens with zero attached hydrogens (tertiary/aromatic N) is 1. The van der Waals surface area contributed by atoms with Crippen molar-refractivity contribution in [2.45, 2.75) is 11.9 Å². The summed E-state index contributed by atoms with van der Waals surface area (Å²) in [5.41, 5.74) is 0.777. The van der Waals surface area contributed by atoms with Gasteiger partial charge in [0.15, 0.2) is 5.03 Å². The first-order valence-corrected chi connectivity index (χ1v) is 6.73. The molecule has 0 bridgehead atoms. The van der Waals surface area contributed by atoms with Crippen molar-refractivity contribution in [2.24, 2.45) is 0 Å². The average Bonchev–Trinajstić information content (AvgIpc) is 2.85. The van der Waals surface area contributed by atoms with E-state index in [4.69, 9.17) is 5.11 Å². The first kappa shape index (κ1) is 13.1. The van der Waals surface area contributed by atoms with Crippen LogP contribution in [0.5, 0.6) is 0 Å². The number of aryl methyl sites for hydroxylation is 1. The number of H-pyrrole nitrogens is 1. The van der Waals surface area contributed by atoms with Crippen LogP contribution in [0.2, 0.25) is 0 Å². The average molecular weight is 281 g/mol. The highest BCUT2D eigenvalue weighted by atomic mass is 32.2. The number of aromatic carboxylic acids is 1. The molecule has 8 heteroatoms. The molecule has 0 fully saturated rings. The first-order chi connectivity index (χ1) is 8.90. The SMILES string of the molecule is Cc1ccc(NS(=O)(=O)c2cnc[nH]2)cc1C(=O)O. The Morgan fingerprint density at radius 3 is 2.74 bits per heavy atom. The van der Waals surface area contributed by atoms with E-state index in [0.29, 0.717) is 5.56 Å². The number of rotatable bonds is 4. The summed E-state index contributed by atoms with van der Waals surface area (Å²) < 4.78 is 26.1. The van der Waals surface area contributed by atoms with Gasteiger partial charge in [-0.2, -0.15) is 8.42 Å². The molecule has 0 saturated carbocycles. The molecule has 0 aliphatic rings. The molecule has 1 aromatic carbocycles. The molecule has 2 rings (SSSR count). The molecule has 1 heterocycles. The lowest BCUT2D eigenvalue weighted by Gasteiger charge is -2.08. The van der Waals surface area contributed by atoms with Gasteiger partial charge in [0.25, 0.3) is 10.0 Å². The van der Waals surface area contributed by atoms with E-state index in [1.54, 1.807) is 6.92 Å². The van der Waals surface area contributed by atoms with Gasteiger partial charge in [0.2, 0.25) is 0 Å². The van der Waals surface area contributed by atoms with Gasteiger partial charge < -0.3 is 10.1 Å². The van der Waals surface area contributed by atoms with Crippen LogP contribution in [-0.2, 0) is 10.0 Å². The van der Waals surface area contributed by atoms with Crippen LogP contribution < -0.4 is 4.72 Å². The minimum Gasteiger partial charge on any atom is -0.478 e. The lowest BCUT2D eigenvalue weighted by molar-refractivity contribution is 0.0696. The number of carboxylic acid groups (broad SMARTS) is 1. The van der Waals surface area contributed by atoms with Crippen LogP contribution in [0.1, 0.15) is 15.9 Å². The molecule has 0 aliphatic heterocycles. The summed E-state index contributed by atoms with van der Waals surface area (Å²) in [6.45, 7) is 1.64. The molecule has 0 atom stereocenters. The largest absolute Gasteiger partial charge is 0.478 e. The van der Waals surface area contributed by atoms with E-state index in [9.17, 15) is 13.2 Å². The van der Waals surface area contributed by atoms with Crippen LogP contribution in [0.4, 0.5) is 5.69 Å². The third-order valence-corrected chi connectivity index (χ3v) is 3.79. The highest BCUT2D eigenvalue weighted by Gasteiger charge is 2.17. The molecule has 0 unspecified atom stereocenters. The van der Waals surface area contributed by atoms with Crippen molar-refractivity contribution < 1.29 is 18.3 Å². The van der Waals surface area contributed by atoms with Crippen LogP contribution >= 0.6 is 0 Å². The molecule has 100 valence electrons. The summed E-state index contributed by atoms with van der Waals surface area (Å²) in [7, 11) is -3.79. The number of imidazole rings is 1. The van der Waals surface area contributed by atoms with Crippen molar-refractivity contribution in [1.82, 2.24) is 9.97 Å². The van der Waals surface area contributed by atoms with Gasteiger partial charge >= 0.3 is 5.97 Å². The predicted octanol–water partition coefficient (Wildman–Crippen LogP) is 1.22. The standard InChI is InChI=1S/C11H11N3O4S/c1-7-2-3-8(4-9(7)11(15)16)14-19(17,18)10-5-12-6-13-10/h2-6,14H,1H3,(H,12,13)(H,15,16). The lowest BCUT2D eigenvalue weighted by Crippen LogP contribution is -2.14. The van der Waals surface area contributed by atoms with E-state index in [1.807, 2.05) is 0 Å². The summed E-state index contributed by atoms with van der Waals surface area (Å²) in [6.07, 6.45) is 2.40. The van der Waals surface area contributed by atoms with Gasteiger partial charge in [-0.05, 0) is 24.6 Å². The van der Waals surface area contributed by atoms with Crippen molar-refractivity contribution in [2.75, 3.05) is 4.72 Å². The fourth-order valence-electron chi connectivity index (χ4n) is 1.52. The topological polar surface area (TPSA) is 112 Å². The van der Waals surface area contributed by atoms with Crippen LogP contribution in [0, 0.1) is 6.92 Å². The number of hydrogen-bond acceptors (Lipinski definition) is 4. The highest BCUT2D eigenvalue weighted by molar-refractivity contribution is 7.92. The zero-order valence-electron chi connectivity index (χ0n) is 9.91. The van der Waals surface area contributed by atoms with Gasteiger partial charge in [-0.1, -0.05) is 6.07 Å². The molecule has 0 aliphatic carbocycles. The van der Waals surface area contributed by atoms with Crippen molar-refractivity contribution >= 4 is 21.7 Å². The Kier molecular flexibility index (Phi) is 3.26. The fourth-order valence-corrected chi connectivity index (χ4v) is 2.47. The minimum atomic E-state index is -3.79. The maximum atomic E-state index is 11.9. The zero-order chi connectivity index (χ0) is 14.0. The minimum absolute atomic E-state index is 0.0461. The van der Waals surface area contributed by atoms with Crippen molar-refractivity contribution in [3.05, 3.63) is 41.9 Å². The lowest BCUT2D eigenvalue weighted by atomic mass is 10.1. The van der Waals surface area contributed by atoms with Gasteiger partial charge in [-0.3, -0.25) is 4.72 Å². The number of aromatic amines is 1. The molecule has 0 radical (unpaired) electrons. The summed E-state index contributed by atoms with van der Waals surface area (Å²) in [6, 6.07) is 4.30. The van der Waals surface area contributed by atoms with Crippen LogP contribution in [0.15, 0.2) is 35.7 Å². The number of anilines is 1. The molecular formula is C11H11N3O4S. The first-order valence-electron chi connectivity index (χ1n) is 5.25. The molecule has 0 saturated heterocycles. The maximum Gasteiger partial charge on any atom is 0.336 e. The van der Waals surface area contributed by atoms with Crippen LogP contribution in [0.25, 0.3) is 0 Å². The summed E-state index contributed by atoms with van der Waals surface area (Å²) in [4.78, 5) is 17.1. The second-order valence-electron chi connectivity index (χ2n) is 3.86. The summed E-state index contributed by atoms with van der Waals surface area (Å²) in [5, 5.41) is 8.89. The Morgan fingerprint density at radius 1 is 1.42 bits per heavy atom. The monoisotopic (exact) mass is 281 g/mol. The van der Waals surface area contributed by atoms with E-state index in [1.165, 1.54) is 24.5 Å². The van der Waals surface area contributed by atoms with Crippen molar-refractivity contribution in [3.63, 3.8) is 0 Å². The maximum absolute atomic E-state index is 11.9. The Morgan fingerprint density at radius 2 is 2.16 bits per heavy atom. The second kappa shape index (κ2) is 4.73. The van der Waals surface area contributed by atoms with E-state index in [-0.39, 0.29) is 16.3 Å². The van der Waals surface area contributed by atoms with Crippen LogP contribution in [0.3, 0.4) is 0 Å². The van der Waals surface area contributed by atoms with E-state index >= 15 is 0 Å².